The van der Waals surface area contributed by atoms with Crippen LogP contribution in [0.4, 0.5) is 0 Å². The number of hydrogen-bond donors (Lipinski definition) is 1. The van der Waals surface area contributed by atoms with Crippen molar-refractivity contribution in [3.63, 3.8) is 0 Å². The molecule has 0 spiro atoms. The van der Waals surface area contributed by atoms with Crippen LogP contribution in [-0.4, -0.2) is 30.1 Å². The first-order valence-electron chi connectivity index (χ1n) is 4.33. The Morgan fingerprint density at radius 3 is 2.50 bits per heavy atom. The van der Waals surface area contributed by atoms with Crippen molar-refractivity contribution >= 4 is 9.84 Å². The molecule has 2 rings (SSSR count). The summed E-state index contributed by atoms with van der Waals surface area (Å²) in [5, 5.41) is 2.10. The Kier molecular flexibility index (Phi) is 2.18. The Bertz CT molecular complexity index is 458. The van der Waals surface area contributed by atoms with Gasteiger partial charge in [-0.1, -0.05) is 0 Å². The lowest BCUT2D eigenvalue weighted by atomic mass is 10.0. The molecule has 0 bridgehead atoms. The van der Waals surface area contributed by atoms with Gasteiger partial charge in [-0.05, 0) is 12.8 Å². The van der Waals surface area contributed by atoms with Crippen LogP contribution in [0.2, 0.25) is 0 Å². The Morgan fingerprint density at radius 1 is 1.36 bits per heavy atom. The van der Waals surface area contributed by atoms with Crippen molar-refractivity contribution < 1.29 is 12.9 Å². The van der Waals surface area contributed by atoms with Crippen molar-refractivity contribution in [1.29, 1.82) is 0 Å². The highest BCUT2D eigenvalue weighted by Gasteiger charge is 2.27. The maximum Gasteiger partial charge on any atom is 0.377 e. The van der Waals surface area contributed by atoms with E-state index in [0.29, 0.717) is 18.7 Å². The Hall–Kier alpha value is -1.11. The van der Waals surface area contributed by atoms with E-state index in [1.807, 2.05) is 0 Å². The Morgan fingerprint density at radius 2 is 2.00 bits per heavy atom. The van der Waals surface area contributed by atoms with Gasteiger partial charge in [-0.25, -0.2) is 13.2 Å². The van der Waals surface area contributed by atoms with Gasteiger partial charge in [0.15, 0.2) is 0 Å². The summed E-state index contributed by atoms with van der Waals surface area (Å²) in [6, 6.07) is 0. The molecule has 7 heteroatoms. The van der Waals surface area contributed by atoms with Crippen LogP contribution in [0, 0.1) is 0 Å². The first kappa shape index (κ1) is 9.45. The zero-order valence-electron chi connectivity index (χ0n) is 7.39. The smallest absolute Gasteiger partial charge is 0.362 e. The molecule has 2 heterocycles. The molecule has 1 fully saturated rings. The Labute approximate surface area is 80.2 Å². The van der Waals surface area contributed by atoms with Crippen LogP contribution < -0.4 is 5.69 Å². The second-order valence-electron chi connectivity index (χ2n) is 3.39. The van der Waals surface area contributed by atoms with Gasteiger partial charge >= 0.3 is 5.69 Å². The second kappa shape index (κ2) is 3.23. The topological polar surface area (TPSA) is 93.0 Å². The highest BCUT2D eigenvalue weighted by molar-refractivity contribution is 7.91. The number of hydrogen-bond acceptors (Lipinski definition) is 5. The van der Waals surface area contributed by atoms with Crippen LogP contribution in [-0.2, 0) is 9.84 Å². The molecule has 0 saturated carbocycles. The standard InChI is InChI=1S/C7H10N2O4S/c10-7-8-6(13-9-7)5-1-3-14(11,12)4-2-5/h5H,1-4H2,(H,9,10). The lowest BCUT2D eigenvalue weighted by Crippen LogP contribution is -2.22. The molecular weight excluding hydrogens is 208 g/mol. The molecule has 0 unspecified atom stereocenters. The van der Waals surface area contributed by atoms with Crippen LogP contribution >= 0.6 is 0 Å². The van der Waals surface area contributed by atoms with E-state index in [9.17, 15) is 13.2 Å². The highest BCUT2D eigenvalue weighted by atomic mass is 32.2. The highest BCUT2D eigenvalue weighted by Crippen LogP contribution is 2.26. The van der Waals surface area contributed by atoms with Gasteiger partial charge in [-0.15, -0.1) is 0 Å². The summed E-state index contributed by atoms with van der Waals surface area (Å²) in [6.45, 7) is 0. The summed E-state index contributed by atoms with van der Waals surface area (Å²) in [7, 11) is -2.87. The summed E-state index contributed by atoms with van der Waals surface area (Å²) >= 11 is 0. The zero-order valence-corrected chi connectivity index (χ0v) is 8.21. The van der Waals surface area contributed by atoms with E-state index < -0.39 is 15.5 Å². The molecule has 14 heavy (non-hydrogen) atoms. The summed E-state index contributed by atoms with van der Waals surface area (Å²) in [6.07, 6.45) is 0.965. The number of nitrogens with one attached hydrogen (secondary N) is 1. The molecule has 0 amide bonds. The molecule has 1 N–H and O–H groups in total. The van der Waals surface area contributed by atoms with Gasteiger partial charge in [0, 0.05) is 5.92 Å². The number of rotatable bonds is 1. The van der Waals surface area contributed by atoms with E-state index in [2.05, 4.69) is 10.1 Å². The van der Waals surface area contributed by atoms with Gasteiger partial charge in [0.1, 0.15) is 9.84 Å². The lowest BCUT2D eigenvalue weighted by molar-refractivity contribution is 0.340. The minimum Gasteiger partial charge on any atom is -0.362 e. The normalized spacial score (nSPS) is 22.3. The van der Waals surface area contributed by atoms with Gasteiger partial charge in [0.05, 0.1) is 11.5 Å². The molecule has 1 aliphatic rings. The van der Waals surface area contributed by atoms with Gasteiger partial charge in [0.2, 0.25) is 5.89 Å². The fourth-order valence-corrected chi connectivity index (χ4v) is 3.04. The van der Waals surface area contributed by atoms with Crippen LogP contribution in [0.1, 0.15) is 24.7 Å². The Balaban J connectivity index is 2.13. The SMILES string of the molecule is O=c1nc(C2CCS(=O)(=O)CC2)o[nH]1. The predicted octanol–water partition coefficient (Wildman–Crippen LogP) is -0.345. The molecule has 0 atom stereocenters. The largest absolute Gasteiger partial charge is 0.377 e. The van der Waals surface area contributed by atoms with Crippen LogP contribution in [0.25, 0.3) is 0 Å². The molecule has 0 radical (unpaired) electrons. The van der Waals surface area contributed by atoms with Gasteiger partial charge in [-0.3, -0.25) is 0 Å². The van der Waals surface area contributed by atoms with E-state index in [1.54, 1.807) is 0 Å². The molecule has 1 aromatic rings. The van der Waals surface area contributed by atoms with Crippen molar-refractivity contribution in [2.45, 2.75) is 18.8 Å². The van der Waals surface area contributed by atoms with Crippen molar-refractivity contribution in [1.82, 2.24) is 10.1 Å². The average molecular weight is 218 g/mol. The van der Waals surface area contributed by atoms with Gasteiger partial charge in [0.25, 0.3) is 0 Å². The van der Waals surface area contributed by atoms with E-state index >= 15 is 0 Å². The predicted molar refractivity (Wildman–Crippen MR) is 47.8 cm³/mol. The fraction of sp³-hybridized carbons (Fsp3) is 0.714. The third-order valence-electron chi connectivity index (χ3n) is 2.36. The molecule has 1 aromatic heterocycles. The second-order valence-corrected chi connectivity index (χ2v) is 5.69. The molecule has 0 aromatic carbocycles. The maximum atomic E-state index is 11.1. The minimum absolute atomic E-state index is 0.0440. The molecular formula is C7H10N2O4S. The van der Waals surface area contributed by atoms with Crippen molar-refractivity contribution in [2.24, 2.45) is 0 Å². The first-order chi connectivity index (χ1) is 6.57. The fourth-order valence-electron chi connectivity index (χ4n) is 1.55. The average Bonchev–Trinajstić information content (AvgIpc) is 2.52. The summed E-state index contributed by atoms with van der Waals surface area (Å²) < 4.78 is 27.1. The van der Waals surface area contributed by atoms with Gasteiger partial charge < -0.3 is 4.52 Å². The monoisotopic (exact) mass is 218 g/mol. The van der Waals surface area contributed by atoms with E-state index in [4.69, 9.17) is 4.52 Å². The van der Waals surface area contributed by atoms with Gasteiger partial charge in [-0.2, -0.15) is 10.1 Å². The lowest BCUT2D eigenvalue weighted by Gasteiger charge is -2.17. The molecule has 6 nitrogen and oxygen atoms in total. The van der Waals surface area contributed by atoms with Crippen molar-refractivity contribution in [3.8, 4) is 0 Å². The van der Waals surface area contributed by atoms with E-state index in [-0.39, 0.29) is 17.4 Å². The summed E-state index contributed by atoms with van der Waals surface area (Å²) in [4.78, 5) is 14.3. The zero-order chi connectivity index (χ0) is 10.2. The number of nitrogens with zero attached hydrogens (tertiary/aromatic N) is 1. The number of H-pyrrole nitrogens is 1. The van der Waals surface area contributed by atoms with Crippen molar-refractivity contribution in [2.75, 3.05) is 11.5 Å². The number of aromatic nitrogens is 2. The molecule has 0 aliphatic carbocycles. The maximum absolute atomic E-state index is 11.1. The van der Waals surface area contributed by atoms with Crippen LogP contribution in [0.5, 0.6) is 0 Å². The minimum atomic E-state index is -2.87. The van der Waals surface area contributed by atoms with Crippen LogP contribution in [0.3, 0.4) is 0 Å². The number of aromatic amines is 1. The number of sulfone groups is 1. The van der Waals surface area contributed by atoms with E-state index in [1.165, 1.54) is 0 Å². The molecule has 1 aliphatic heterocycles. The molecule has 78 valence electrons. The quantitative estimate of drug-likeness (QED) is 0.695. The van der Waals surface area contributed by atoms with E-state index in [0.717, 1.165) is 0 Å². The third-order valence-corrected chi connectivity index (χ3v) is 4.07. The summed E-state index contributed by atoms with van der Waals surface area (Å²) in [5.74, 6) is 0.574. The van der Waals surface area contributed by atoms with Crippen LogP contribution in [0.15, 0.2) is 9.32 Å². The molecule has 1 saturated heterocycles. The third kappa shape index (κ3) is 1.87. The van der Waals surface area contributed by atoms with Crippen molar-refractivity contribution in [3.05, 3.63) is 16.4 Å². The first-order valence-corrected chi connectivity index (χ1v) is 6.15. The summed E-state index contributed by atoms with van der Waals surface area (Å²) in [5.41, 5.74) is -0.520.